The Bertz CT molecular complexity index is 687. The highest BCUT2D eigenvalue weighted by Gasteiger charge is 2.12. The van der Waals surface area contributed by atoms with E-state index in [2.05, 4.69) is 26.8 Å². The van der Waals surface area contributed by atoms with Crippen LogP contribution < -0.4 is 10.9 Å². The molecule has 0 aliphatic rings. The summed E-state index contributed by atoms with van der Waals surface area (Å²) in [7, 11) is 0. The molecule has 0 aliphatic heterocycles. The number of rotatable bonds is 2. The molecule has 0 saturated heterocycles. The van der Waals surface area contributed by atoms with Crippen LogP contribution in [0.3, 0.4) is 0 Å². The van der Waals surface area contributed by atoms with Crippen LogP contribution in [0.25, 0.3) is 0 Å². The third kappa shape index (κ3) is 4.06. The molecule has 2 aromatic carbocycles. The highest BCUT2D eigenvalue weighted by atomic mass is 79.9. The molecule has 2 amide bonds. The summed E-state index contributed by atoms with van der Waals surface area (Å²) in [5.41, 5.74) is 6.47. The number of hydrogen-bond acceptors (Lipinski definition) is 2. The van der Waals surface area contributed by atoms with E-state index < -0.39 is 11.8 Å². The third-order valence-corrected chi connectivity index (χ3v) is 3.60. The number of aryl methyl sites for hydroxylation is 1. The molecule has 0 fully saturated rings. The van der Waals surface area contributed by atoms with Crippen molar-refractivity contribution in [3.8, 4) is 0 Å². The Morgan fingerprint density at radius 1 is 1.00 bits per heavy atom. The SMILES string of the molecule is Cc1ccc(C(=O)NNC(=O)c2cc(Br)ccc2Cl)cc1. The van der Waals surface area contributed by atoms with E-state index in [9.17, 15) is 9.59 Å². The van der Waals surface area contributed by atoms with E-state index in [1.165, 1.54) is 0 Å². The van der Waals surface area contributed by atoms with Gasteiger partial charge in [-0.2, -0.15) is 0 Å². The molecular weight excluding hydrogens is 356 g/mol. The van der Waals surface area contributed by atoms with Gasteiger partial charge in [-0.15, -0.1) is 0 Å². The van der Waals surface area contributed by atoms with Crippen molar-refractivity contribution in [3.63, 3.8) is 0 Å². The lowest BCUT2D eigenvalue weighted by atomic mass is 10.1. The van der Waals surface area contributed by atoms with Crippen LogP contribution >= 0.6 is 27.5 Å². The van der Waals surface area contributed by atoms with Gasteiger partial charge in [0.2, 0.25) is 0 Å². The standard InChI is InChI=1S/C15H12BrClN2O2/c1-9-2-4-10(5-3-9)14(20)18-19-15(21)12-8-11(16)6-7-13(12)17/h2-8H,1H3,(H,18,20)(H,19,21). The summed E-state index contributed by atoms with van der Waals surface area (Å²) in [6, 6.07) is 11.9. The first kappa shape index (κ1) is 15.5. The van der Waals surface area contributed by atoms with Crippen molar-refractivity contribution >= 4 is 39.3 Å². The Labute approximate surface area is 135 Å². The Morgan fingerprint density at radius 3 is 2.29 bits per heavy atom. The number of carbonyl (C=O) groups is 2. The minimum atomic E-state index is -0.484. The summed E-state index contributed by atoms with van der Waals surface area (Å²) < 4.78 is 0.724. The summed E-state index contributed by atoms with van der Waals surface area (Å²) >= 11 is 9.21. The van der Waals surface area contributed by atoms with Crippen molar-refractivity contribution in [2.45, 2.75) is 6.92 Å². The van der Waals surface area contributed by atoms with Crippen LogP contribution in [0.1, 0.15) is 26.3 Å². The minimum Gasteiger partial charge on any atom is -0.267 e. The van der Waals surface area contributed by atoms with Gasteiger partial charge in [-0.1, -0.05) is 45.2 Å². The first-order valence-corrected chi connectivity index (χ1v) is 7.27. The summed E-state index contributed by atoms with van der Waals surface area (Å²) in [5, 5.41) is 0.306. The smallest absolute Gasteiger partial charge is 0.267 e. The van der Waals surface area contributed by atoms with Crippen molar-refractivity contribution in [2.75, 3.05) is 0 Å². The van der Waals surface area contributed by atoms with Crippen molar-refractivity contribution in [2.24, 2.45) is 0 Å². The van der Waals surface area contributed by atoms with Crippen LogP contribution in [0.2, 0.25) is 5.02 Å². The Morgan fingerprint density at radius 2 is 1.62 bits per heavy atom. The predicted molar refractivity (Wildman–Crippen MR) is 85.3 cm³/mol. The van der Waals surface area contributed by atoms with E-state index in [1.54, 1.807) is 30.3 Å². The quantitative estimate of drug-likeness (QED) is 0.798. The summed E-state index contributed by atoms with van der Waals surface area (Å²) in [6.45, 7) is 1.93. The van der Waals surface area contributed by atoms with Crippen LogP contribution in [0.4, 0.5) is 0 Å². The van der Waals surface area contributed by atoms with Gasteiger partial charge in [0.25, 0.3) is 11.8 Å². The lowest BCUT2D eigenvalue weighted by molar-refractivity contribution is 0.0846. The average Bonchev–Trinajstić information content (AvgIpc) is 2.47. The van der Waals surface area contributed by atoms with E-state index in [-0.39, 0.29) is 5.56 Å². The van der Waals surface area contributed by atoms with Gasteiger partial charge in [0, 0.05) is 10.0 Å². The molecule has 21 heavy (non-hydrogen) atoms. The number of amides is 2. The molecule has 2 rings (SSSR count). The molecule has 0 saturated carbocycles. The second-order valence-electron chi connectivity index (χ2n) is 4.40. The normalized spacial score (nSPS) is 10.0. The molecular formula is C15H12BrClN2O2. The van der Waals surface area contributed by atoms with Gasteiger partial charge in [-0.25, -0.2) is 0 Å². The van der Waals surface area contributed by atoms with Crippen LogP contribution in [0.5, 0.6) is 0 Å². The van der Waals surface area contributed by atoms with Gasteiger partial charge in [0.05, 0.1) is 10.6 Å². The minimum absolute atomic E-state index is 0.273. The van der Waals surface area contributed by atoms with Crippen LogP contribution in [-0.4, -0.2) is 11.8 Å². The van der Waals surface area contributed by atoms with Crippen molar-refractivity contribution in [1.82, 2.24) is 10.9 Å². The fraction of sp³-hybridized carbons (Fsp3) is 0.0667. The van der Waals surface area contributed by atoms with E-state index >= 15 is 0 Å². The number of hydrazine groups is 1. The molecule has 0 heterocycles. The number of halogens is 2. The fourth-order valence-corrected chi connectivity index (χ4v) is 2.19. The first-order chi connectivity index (χ1) is 9.97. The molecule has 0 atom stereocenters. The molecule has 0 bridgehead atoms. The van der Waals surface area contributed by atoms with Crippen LogP contribution in [0, 0.1) is 6.92 Å². The number of nitrogens with one attached hydrogen (secondary N) is 2. The van der Waals surface area contributed by atoms with Gasteiger partial charge < -0.3 is 0 Å². The molecule has 108 valence electrons. The average molecular weight is 368 g/mol. The largest absolute Gasteiger partial charge is 0.271 e. The lowest BCUT2D eigenvalue weighted by Crippen LogP contribution is -2.41. The Balaban J connectivity index is 2.02. The number of benzene rings is 2. The second kappa shape index (κ2) is 6.74. The first-order valence-electron chi connectivity index (χ1n) is 6.10. The van der Waals surface area contributed by atoms with Crippen molar-refractivity contribution in [1.29, 1.82) is 0 Å². The summed E-state index contributed by atoms with van der Waals surface area (Å²) in [4.78, 5) is 23.9. The molecule has 2 aromatic rings. The van der Waals surface area contributed by atoms with Crippen molar-refractivity contribution in [3.05, 3.63) is 68.7 Å². The molecule has 0 spiro atoms. The van der Waals surface area contributed by atoms with Crippen LogP contribution in [-0.2, 0) is 0 Å². The van der Waals surface area contributed by atoms with Gasteiger partial charge >= 0.3 is 0 Å². The molecule has 6 heteroatoms. The molecule has 4 nitrogen and oxygen atoms in total. The zero-order valence-corrected chi connectivity index (χ0v) is 13.5. The van der Waals surface area contributed by atoms with Crippen LogP contribution in [0.15, 0.2) is 46.9 Å². The number of carbonyl (C=O) groups excluding carboxylic acids is 2. The van der Waals surface area contributed by atoms with E-state index in [0.717, 1.165) is 10.0 Å². The van der Waals surface area contributed by atoms with Crippen molar-refractivity contribution < 1.29 is 9.59 Å². The second-order valence-corrected chi connectivity index (χ2v) is 5.72. The Kier molecular flexibility index (Phi) is 4.98. The maximum Gasteiger partial charge on any atom is 0.271 e. The molecule has 0 aromatic heterocycles. The predicted octanol–water partition coefficient (Wildman–Crippen LogP) is 3.49. The fourth-order valence-electron chi connectivity index (χ4n) is 1.63. The van der Waals surface area contributed by atoms with E-state index in [0.29, 0.717) is 10.6 Å². The molecule has 2 N–H and O–H groups in total. The Hall–Kier alpha value is -1.85. The van der Waals surface area contributed by atoms with E-state index in [4.69, 9.17) is 11.6 Å². The van der Waals surface area contributed by atoms with Gasteiger partial charge in [-0.3, -0.25) is 20.4 Å². The maximum absolute atomic E-state index is 12.0. The van der Waals surface area contributed by atoms with Gasteiger partial charge in [0.1, 0.15) is 0 Å². The maximum atomic E-state index is 12.0. The third-order valence-electron chi connectivity index (χ3n) is 2.78. The monoisotopic (exact) mass is 366 g/mol. The molecule has 0 unspecified atom stereocenters. The highest BCUT2D eigenvalue weighted by Crippen LogP contribution is 2.20. The lowest BCUT2D eigenvalue weighted by Gasteiger charge is -2.09. The zero-order chi connectivity index (χ0) is 15.4. The summed E-state index contributed by atoms with van der Waals surface area (Å²) in [5.74, 6) is -0.878. The topological polar surface area (TPSA) is 58.2 Å². The van der Waals surface area contributed by atoms with Gasteiger partial charge in [-0.05, 0) is 37.3 Å². The summed E-state index contributed by atoms with van der Waals surface area (Å²) in [6.07, 6.45) is 0. The van der Waals surface area contributed by atoms with Gasteiger partial charge in [0.15, 0.2) is 0 Å². The number of hydrogen-bond donors (Lipinski definition) is 2. The van der Waals surface area contributed by atoms with E-state index in [1.807, 2.05) is 19.1 Å². The zero-order valence-electron chi connectivity index (χ0n) is 11.1. The highest BCUT2D eigenvalue weighted by molar-refractivity contribution is 9.10. The molecule has 0 radical (unpaired) electrons. The molecule has 0 aliphatic carbocycles.